The van der Waals surface area contributed by atoms with E-state index < -0.39 is 24.0 Å². The second kappa shape index (κ2) is 8.32. The average molecular weight is 260 g/mol. The second-order valence-electron chi connectivity index (χ2n) is 4.19. The molecule has 0 aliphatic heterocycles. The van der Waals surface area contributed by atoms with Crippen LogP contribution in [-0.4, -0.2) is 40.8 Å². The minimum Gasteiger partial charge on any atom is -0.481 e. The Labute approximate surface area is 106 Å². The molecule has 0 saturated carbocycles. The molecule has 18 heavy (non-hydrogen) atoms. The molecule has 2 unspecified atom stereocenters. The van der Waals surface area contributed by atoms with E-state index in [0.717, 1.165) is 6.42 Å². The van der Waals surface area contributed by atoms with Crippen molar-refractivity contribution in [1.82, 2.24) is 10.6 Å². The van der Waals surface area contributed by atoms with Crippen LogP contribution in [0.1, 0.15) is 33.1 Å². The quantitative estimate of drug-likeness (QED) is 0.511. The fraction of sp³-hybridized carbons (Fsp3) is 0.727. The average Bonchev–Trinajstić information content (AvgIpc) is 2.30. The van der Waals surface area contributed by atoms with Gasteiger partial charge in [-0.15, -0.1) is 0 Å². The summed E-state index contributed by atoms with van der Waals surface area (Å²) in [7, 11) is 0. The SMILES string of the molecule is CCC(C)CNC(=O)NC(CCC(=O)O)C(=O)O. The number of hydrogen-bond donors (Lipinski definition) is 4. The molecular weight excluding hydrogens is 240 g/mol. The number of carbonyl (C=O) groups excluding carboxylic acids is 1. The van der Waals surface area contributed by atoms with Crippen molar-refractivity contribution in [3.63, 3.8) is 0 Å². The van der Waals surface area contributed by atoms with Crippen molar-refractivity contribution in [1.29, 1.82) is 0 Å². The predicted molar refractivity (Wildman–Crippen MR) is 64.3 cm³/mol. The molecule has 2 atom stereocenters. The van der Waals surface area contributed by atoms with Crippen LogP contribution in [0.5, 0.6) is 0 Å². The molecule has 0 aromatic heterocycles. The molecule has 0 saturated heterocycles. The molecule has 0 aromatic carbocycles. The van der Waals surface area contributed by atoms with E-state index in [1.54, 1.807) is 0 Å². The van der Waals surface area contributed by atoms with Crippen LogP contribution in [0.15, 0.2) is 0 Å². The Morgan fingerprint density at radius 2 is 1.83 bits per heavy atom. The first kappa shape index (κ1) is 16.2. The highest BCUT2D eigenvalue weighted by molar-refractivity contribution is 5.82. The lowest BCUT2D eigenvalue weighted by Crippen LogP contribution is -2.47. The van der Waals surface area contributed by atoms with E-state index in [-0.39, 0.29) is 12.8 Å². The number of amides is 2. The Bertz CT molecular complexity index is 306. The van der Waals surface area contributed by atoms with Crippen molar-refractivity contribution in [3.8, 4) is 0 Å². The Hall–Kier alpha value is -1.79. The molecule has 0 heterocycles. The van der Waals surface area contributed by atoms with Crippen molar-refractivity contribution < 1.29 is 24.6 Å². The highest BCUT2D eigenvalue weighted by Gasteiger charge is 2.20. The molecule has 104 valence electrons. The van der Waals surface area contributed by atoms with Crippen molar-refractivity contribution in [2.24, 2.45) is 5.92 Å². The molecule has 0 aliphatic rings. The maximum absolute atomic E-state index is 11.4. The van der Waals surface area contributed by atoms with Gasteiger partial charge in [0.1, 0.15) is 6.04 Å². The molecule has 0 radical (unpaired) electrons. The molecule has 2 amide bonds. The topological polar surface area (TPSA) is 116 Å². The molecule has 0 rings (SSSR count). The smallest absolute Gasteiger partial charge is 0.326 e. The Balaban J connectivity index is 4.11. The Morgan fingerprint density at radius 1 is 1.22 bits per heavy atom. The zero-order valence-corrected chi connectivity index (χ0v) is 10.6. The predicted octanol–water partition coefficient (Wildman–Crippen LogP) is 0.650. The van der Waals surface area contributed by atoms with Gasteiger partial charge in [0.25, 0.3) is 0 Å². The molecule has 0 fully saturated rings. The van der Waals surface area contributed by atoms with Gasteiger partial charge >= 0.3 is 18.0 Å². The van der Waals surface area contributed by atoms with Crippen molar-refractivity contribution in [2.45, 2.75) is 39.2 Å². The normalized spacial score (nSPS) is 13.4. The number of carboxylic acid groups (broad SMARTS) is 2. The van der Waals surface area contributed by atoms with E-state index in [1.165, 1.54) is 0 Å². The van der Waals surface area contributed by atoms with Crippen molar-refractivity contribution in [2.75, 3.05) is 6.54 Å². The third-order valence-corrected chi connectivity index (χ3v) is 2.56. The maximum Gasteiger partial charge on any atom is 0.326 e. The molecule has 0 aromatic rings. The largest absolute Gasteiger partial charge is 0.481 e. The summed E-state index contributed by atoms with van der Waals surface area (Å²) >= 11 is 0. The molecule has 4 N–H and O–H groups in total. The number of urea groups is 1. The van der Waals surface area contributed by atoms with Gasteiger partial charge in [-0.05, 0) is 12.3 Å². The summed E-state index contributed by atoms with van der Waals surface area (Å²) in [5.41, 5.74) is 0. The first-order valence-electron chi connectivity index (χ1n) is 5.85. The summed E-state index contributed by atoms with van der Waals surface area (Å²) in [6.45, 7) is 4.39. The maximum atomic E-state index is 11.4. The minimum absolute atomic E-state index is 0.137. The van der Waals surface area contributed by atoms with Crippen LogP contribution in [0, 0.1) is 5.92 Å². The van der Waals surface area contributed by atoms with E-state index in [1.807, 2.05) is 13.8 Å². The van der Waals surface area contributed by atoms with E-state index in [4.69, 9.17) is 10.2 Å². The summed E-state index contributed by atoms with van der Waals surface area (Å²) in [4.78, 5) is 32.5. The number of carboxylic acids is 2. The third kappa shape index (κ3) is 7.48. The summed E-state index contributed by atoms with van der Waals surface area (Å²) < 4.78 is 0. The first-order valence-corrected chi connectivity index (χ1v) is 5.85. The number of rotatable bonds is 8. The van der Waals surface area contributed by atoms with Crippen LogP contribution in [-0.2, 0) is 9.59 Å². The first-order chi connectivity index (χ1) is 8.36. The molecule has 7 heteroatoms. The number of carbonyl (C=O) groups is 3. The fourth-order valence-corrected chi connectivity index (χ4v) is 1.15. The molecule has 0 bridgehead atoms. The van der Waals surface area contributed by atoms with Gasteiger partial charge in [-0.2, -0.15) is 0 Å². The van der Waals surface area contributed by atoms with Crippen molar-refractivity contribution in [3.05, 3.63) is 0 Å². The molecule has 7 nitrogen and oxygen atoms in total. The summed E-state index contributed by atoms with van der Waals surface area (Å²) in [5, 5.41) is 22.1. The number of hydrogen-bond acceptors (Lipinski definition) is 3. The summed E-state index contributed by atoms with van der Waals surface area (Å²) in [6.07, 6.45) is 0.464. The van der Waals surface area contributed by atoms with E-state index in [9.17, 15) is 14.4 Å². The Morgan fingerprint density at radius 3 is 2.28 bits per heavy atom. The monoisotopic (exact) mass is 260 g/mol. The standard InChI is InChI=1S/C11H20N2O5/c1-3-7(2)6-12-11(18)13-8(10(16)17)4-5-9(14)15/h7-8H,3-6H2,1-2H3,(H,14,15)(H,16,17)(H2,12,13,18). The number of nitrogens with one attached hydrogen (secondary N) is 2. The van der Waals surface area contributed by atoms with Crippen LogP contribution in [0.3, 0.4) is 0 Å². The van der Waals surface area contributed by atoms with E-state index >= 15 is 0 Å². The lowest BCUT2D eigenvalue weighted by molar-refractivity contribution is -0.140. The van der Waals surface area contributed by atoms with Crippen molar-refractivity contribution >= 4 is 18.0 Å². The fourth-order valence-electron chi connectivity index (χ4n) is 1.15. The van der Waals surface area contributed by atoms with Crippen LogP contribution in [0.2, 0.25) is 0 Å². The van der Waals surface area contributed by atoms with Gasteiger partial charge in [-0.1, -0.05) is 20.3 Å². The van der Waals surface area contributed by atoms with E-state index in [2.05, 4.69) is 10.6 Å². The van der Waals surface area contributed by atoms with Crippen LogP contribution >= 0.6 is 0 Å². The van der Waals surface area contributed by atoms with Gasteiger partial charge in [-0.3, -0.25) is 4.79 Å². The van der Waals surface area contributed by atoms with Gasteiger partial charge in [0.2, 0.25) is 0 Å². The molecule has 0 spiro atoms. The van der Waals surface area contributed by atoms with Gasteiger partial charge < -0.3 is 20.8 Å². The highest BCUT2D eigenvalue weighted by Crippen LogP contribution is 1.99. The van der Waals surface area contributed by atoms with Crippen LogP contribution in [0.25, 0.3) is 0 Å². The van der Waals surface area contributed by atoms with Crippen LogP contribution < -0.4 is 10.6 Å². The highest BCUT2D eigenvalue weighted by atomic mass is 16.4. The van der Waals surface area contributed by atoms with E-state index in [0.29, 0.717) is 12.5 Å². The number of aliphatic carboxylic acids is 2. The summed E-state index contributed by atoms with van der Waals surface area (Å²) in [6, 6.07) is -1.77. The molecular formula is C11H20N2O5. The third-order valence-electron chi connectivity index (χ3n) is 2.56. The van der Waals surface area contributed by atoms with Crippen LogP contribution in [0.4, 0.5) is 4.79 Å². The van der Waals surface area contributed by atoms with Gasteiger partial charge in [-0.25, -0.2) is 9.59 Å². The zero-order chi connectivity index (χ0) is 14.1. The Kier molecular flexibility index (Phi) is 7.50. The second-order valence-corrected chi connectivity index (χ2v) is 4.19. The lowest BCUT2D eigenvalue weighted by atomic mass is 10.1. The zero-order valence-electron chi connectivity index (χ0n) is 10.6. The van der Waals surface area contributed by atoms with Gasteiger partial charge in [0, 0.05) is 13.0 Å². The van der Waals surface area contributed by atoms with Gasteiger partial charge in [0.05, 0.1) is 0 Å². The minimum atomic E-state index is -1.24. The summed E-state index contributed by atoms with van der Waals surface area (Å²) in [5.74, 6) is -2.03. The molecule has 0 aliphatic carbocycles. The van der Waals surface area contributed by atoms with Gasteiger partial charge in [0.15, 0.2) is 0 Å². The lowest BCUT2D eigenvalue weighted by Gasteiger charge is -2.15.